The standard InChI is InChI=1S/C18H25N3O2/c1-23-12-18(8-9-18)13-4-6-14(7-5-13)21-11-16-15(19)3-2-10-20(16)17(21)22/h4-7,15-16H,2-3,8-12,19H2,1H3/t15-,16-/m1/s1. The van der Waals surface area contributed by atoms with Gasteiger partial charge >= 0.3 is 6.03 Å². The smallest absolute Gasteiger partial charge is 0.324 e. The highest BCUT2D eigenvalue weighted by Gasteiger charge is 2.45. The molecule has 124 valence electrons. The van der Waals surface area contributed by atoms with Gasteiger partial charge < -0.3 is 15.4 Å². The average molecular weight is 315 g/mol. The van der Waals surface area contributed by atoms with Crippen LogP contribution in [0.15, 0.2) is 24.3 Å². The lowest BCUT2D eigenvalue weighted by Gasteiger charge is -2.32. The lowest BCUT2D eigenvalue weighted by atomic mass is 9.96. The number of carbonyl (C=O) groups is 1. The Kier molecular flexibility index (Phi) is 3.58. The number of amides is 2. The maximum absolute atomic E-state index is 12.7. The molecule has 1 saturated carbocycles. The zero-order chi connectivity index (χ0) is 16.0. The molecule has 2 amide bonds. The number of piperidine rings is 1. The van der Waals surface area contributed by atoms with E-state index >= 15 is 0 Å². The molecular weight excluding hydrogens is 290 g/mol. The molecule has 2 heterocycles. The van der Waals surface area contributed by atoms with Crippen LogP contribution in [0, 0.1) is 0 Å². The van der Waals surface area contributed by atoms with Gasteiger partial charge in [0.1, 0.15) is 0 Å². The van der Waals surface area contributed by atoms with Crippen LogP contribution in [0.3, 0.4) is 0 Å². The predicted molar refractivity (Wildman–Crippen MR) is 89.7 cm³/mol. The quantitative estimate of drug-likeness (QED) is 0.925. The Morgan fingerprint density at radius 1 is 1.30 bits per heavy atom. The summed E-state index contributed by atoms with van der Waals surface area (Å²) in [5.74, 6) is 0. The molecule has 2 aliphatic heterocycles. The molecule has 0 unspecified atom stereocenters. The molecule has 1 aliphatic carbocycles. The highest BCUT2D eigenvalue weighted by atomic mass is 16.5. The average Bonchev–Trinajstić information content (AvgIpc) is 3.27. The summed E-state index contributed by atoms with van der Waals surface area (Å²) >= 11 is 0. The van der Waals surface area contributed by atoms with E-state index in [2.05, 4.69) is 24.3 Å². The van der Waals surface area contributed by atoms with E-state index in [0.29, 0.717) is 6.54 Å². The van der Waals surface area contributed by atoms with Gasteiger partial charge in [-0.2, -0.15) is 0 Å². The van der Waals surface area contributed by atoms with Crippen molar-refractivity contribution in [2.24, 2.45) is 5.73 Å². The molecule has 1 aromatic carbocycles. The van der Waals surface area contributed by atoms with Gasteiger partial charge in [-0.1, -0.05) is 12.1 Å². The topological polar surface area (TPSA) is 58.8 Å². The fraction of sp³-hybridized carbons (Fsp3) is 0.611. The lowest BCUT2D eigenvalue weighted by Crippen LogP contribution is -2.50. The summed E-state index contributed by atoms with van der Waals surface area (Å²) in [7, 11) is 1.76. The Morgan fingerprint density at radius 2 is 2.04 bits per heavy atom. The van der Waals surface area contributed by atoms with Crippen molar-refractivity contribution in [1.82, 2.24) is 4.90 Å². The van der Waals surface area contributed by atoms with Gasteiger partial charge in [0.15, 0.2) is 0 Å². The molecule has 0 spiro atoms. The third-order valence-electron chi connectivity index (χ3n) is 5.74. The minimum Gasteiger partial charge on any atom is -0.384 e. The van der Waals surface area contributed by atoms with E-state index in [0.717, 1.165) is 31.7 Å². The Bertz CT molecular complexity index is 597. The number of nitrogens with two attached hydrogens (primary N) is 1. The summed E-state index contributed by atoms with van der Waals surface area (Å²) < 4.78 is 5.36. The summed E-state index contributed by atoms with van der Waals surface area (Å²) in [6, 6.07) is 8.85. The molecule has 5 nitrogen and oxygen atoms in total. The SMILES string of the molecule is COCC1(c2ccc(N3C[C@@H]4[C@H](N)CCCN4C3=O)cc2)CC1. The van der Waals surface area contributed by atoms with Crippen LogP contribution in [-0.4, -0.2) is 49.8 Å². The first-order valence-electron chi connectivity index (χ1n) is 8.58. The van der Waals surface area contributed by atoms with E-state index in [1.54, 1.807) is 7.11 Å². The zero-order valence-electron chi connectivity index (χ0n) is 13.7. The summed E-state index contributed by atoms with van der Waals surface area (Å²) in [6.07, 6.45) is 4.40. The van der Waals surface area contributed by atoms with Crippen LogP contribution in [0.5, 0.6) is 0 Å². The molecule has 2 atom stereocenters. The first-order chi connectivity index (χ1) is 11.1. The van der Waals surface area contributed by atoms with Gasteiger partial charge in [-0.05, 0) is 43.4 Å². The van der Waals surface area contributed by atoms with Crippen LogP contribution < -0.4 is 10.6 Å². The number of hydrogen-bond donors (Lipinski definition) is 1. The van der Waals surface area contributed by atoms with E-state index in [9.17, 15) is 4.79 Å². The second-order valence-electron chi connectivity index (χ2n) is 7.22. The second kappa shape index (κ2) is 5.49. The molecular formula is C18H25N3O2. The highest BCUT2D eigenvalue weighted by Crippen LogP contribution is 2.48. The Balaban J connectivity index is 1.54. The molecule has 5 heteroatoms. The number of carbonyl (C=O) groups excluding carboxylic acids is 1. The number of hydrogen-bond acceptors (Lipinski definition) is 3. The predicted octanol–water partition coefficient (Wildman–Crippen LogP) is 2.10. The molecule has 3 aliphatic rings. The molecule has 0 bridgehead atoms. The van der Waals surface area contributed by atoms with Crippen LogP contribution >= 0.6 is 0 Å². The fourth-order valence-corrected chi connectivity index (χ4v) is 4.13. The molecule has 1 aromatic rings. The minimum atomic E-state index is 0.105. The van der Waals surface area contributed by atoms with Crippen LogP contribution in [0.2, 0.25) is 0 Å². The van der Waals surface area contributed by atoms with Crippen molar-refractivity contribution in [2.45, 2.75) is 43.2 Å². The Morgan fingerprint density at radius 3 is 2.65 bits per heavy atom. The maximum Gasteiger partial charge on any atom is 0.324 e. The number of ether oxygens (including phenoxy) is 1. The second-order valence-corrected chi connectivity index (χ2v) is 7.22. The number of fused-ring (bicyclic) bond motifs is 1. The van der Waals surface area contributed by atoms with Crippen molar-refractivity contribution in [2.75, 3.05) is 31.7 Å². The Hall–Kier alpha value is -1.59. The normalized spacial score (nSPS) is 28.9. The summed E-state index contributed by atoms with van der Waals surface area (Å²) in [6.45, 7) is 2.32. The van der Waals surface area contributed by atoms with Crippen LogP contribution in [0.4, 0.5) is 10.5 Å². The third kappa shape index (κ3) is 2.42. The minimum absolute atomic E-state index is 0.105. The molecule has 2 saturated heterocycles. The van der Waals surface area contributed by atoms with Crippen LogP contribution in [0.1, 0.15) is 31.2 Å². The number of urea groups is 1. The van der Waals surface area contributed by atoms with Crippen molar-refractivity contribution >= 4 is 11.7 Å². The third-order valence-corrected chi connectivity index (χ3v) is 5.74. The number of benzene rings is 1. The molecule has 2 N–H and O–H groups in total. The van der Waals surface area contributed by atoms with Crippen molar-refractivity contribution in [3.8, 4) is 0 Å². The van der Waals surface area contributed by atoms with E-state index in [4.69, 9.17) is 10.5 Å². The van der Waals surface area contributed by atoms with Gasteiger partial charge in [0, 0.05) is 37.3 Å². The van der Waals surface area contributed by atoms with Gasteiger partial charge in [-0.25, -0.2) is 4.79 Å². The van der Waals surface area contributed by atoms with Gasteiger partial charge in [0.05, 0.1) is 12.6 Å². The first kappa shape index (κ1) is 15.0. The van der Waals surface area contributed by atoms with Crippen molar-refractivity contribution in [3.63, 3.8) is 0 Å². The lowest BCUT2D eigenvalue weighted by molar-refractivity contribution is 0.171. The summed E-state index contributed by atoms with van der Waals surface area (Å²) in [5, 5.41) is 0. The van der Waals surface area contributed by atoms with Gasteiger partial charge in [0.25, 0.3) is 0 Å². The van der Waals surface area contributed by atoms with Crippen molar-refractivity contribution in [1.29, 1.82) is 0 Å². The number of methoxy groups -OCH3 is 1. The molecule has 4 rings (SSSR count). The van der Waals surface area contributed by atoms with E-state index in [1.807, 2.05) is 9.80 Å². The monoisotopic (exact) mass is 315 g/mol. The molecule has 0 radical (unpaired) electrons. The maximum atomic E-state index is 12.7. The van der Waals surface area contributed by atoms with Crippen molar-refractivity contribution < 1.29 is 9.53 Å². The van der Waals surface area contributed by atoms with Crippen LogP contribution in [-0.2, 0) is 10.2 Å². The number of rotatable bonds is 4. The highest BCUT2D eigenvalue weighted by molar-refractivity contribution is 5.94. The van der Waals surface area contributed by atoms with Crippen LogP contribution in [0.25, 0.3) is 0 Å². The molecule has 3 fully saturated rings. The molecule has 0 aromatic heterocycles. The van der Waals surface area contributed by atoms with Gasteiger partial charge in [-0.15, -0.1) is 0 Å². The fourth-order valence-electron chi connectivity index (χ4n) is 4.13. The van der Waals surface area contributed by atoms with E-state index < -0.39 is 0 Å². The van der Waals surface area contributed by atoms with E-state index in [-0.39, 0.29) is 23.5 Å². The Labute approximate surface area is 137 Å². The zero-order valence-corrected chi connectivity index (χ0v) is 13.7. The summed E-state index contributed by atoms with van der Waals surface area (Å²) in [4.78, 5) is 16.5. The number of nitrogens with zero attached hydrogens (tertiary/aromatic N) is 2. The van der Waals surface area contributed by atoms with E-state index in [1.165, 1.54) is 18.4 Å². The van der Waals surface area contributed by atoms with Gasteiger partial charge in [-0.3, -0.25) is 4.90 Å². The van der Waals surface area contributed by atoms with Gasteiger partial charge in [0.2, 0.25) is 0 Å². The molecule has 23 heavy (non-hydrogen) atoms. The number of anilines is 1. The first-order valence-corrected chi connectivity index (χ1v) is 8.58. The van der Waals surface area contributed by atoms with Crippen molar-refractivity contribution in [3.05, 3.63) is 29.8 Å². The largest absolute Gasteiger partial charge is 0.384 e. The summed E-state index contributed by atoms with van der Waals surface area (Å²) in [5.41, 5.74) is 8.72.